The summed E-state index contributed by atoms with van der Waals surface area (Å²) in [7, 11) is 0. The van der Waals surface area contributed by atoms with Gasteiger partial charge in [-0.25, -0.2) is 0 Å². The molecule has 1 aromatic carbocycles. The number of nitrogens with two attached hydrogens (primary N) is 1. The third-order valence-electron chi connectivity index (χ3n) is 3.68. The monoisotopic (exact) mass is 294 g/mol. The fourth-order valence-corrected chi connectivity index (χ4v) is 2.88. The molecule has 0 bridgehead atoms. The van der Waals surface area contributed by atoms with Gasteiger partial charge in [-0.2, -0.15) is 0 Å². The fourth-order valence-electron chi connectivity index (χ4n) is 2.68. The average Bonchev–Trinajstić information content (AvgIpc) is 2.41. The molecule has 20 heavy (non-hydrogen) atoms. The third-order valence-corrected chi connectivity index (χ3v) is 4.05. The van der Waals surface area contributed by atoms with Crippen molar-refractivity contribution in [2.24, 2.45) is 5.73 Å². The number of piperidine rings is 1. The number of nitrogens with zero attached hydrogens (tertiary/aromatic N) is 1. The van der Waals surface area contributed by atoms with E-state index in [0.717, 1.165) is 24.8 Å². The molecule has 0 spiro atoms. The summed E-state index contributed by atoms with van der Waals surface area (Å²) in [5.74, 6) is -0.337. The Kier molecular flexibility index (Phi) is 5.01. The molecule has 5 heteroatoms. The van der Waals surface area contributed by atoms with E-state index < -0.39 is 0 Å². The van der Waals surface area contributed by atoms with Crippen LogP contribution in [0, 0.1) is 0 Å². The van der Waals surface area contributed by atoms with Gasteiger partial charge in [-0.15, -0.1) is 0 Å². The highest BCUT2D eigenvalue weighted by atomic mass is 35.5. The van der Waals surface area contributed by atoms with Crippen LogP contribution >= 0.6 is 11.6 Å². The SMILES string of the molecule is NC(=O)CC1CCCCN1C(=O)Cc1ccccc1Cl. The van der Waals surface area contributed by atoms with Crippen LogP contribution in [0.5, 0.6) is 0 Å². The van der Waals surface area contributed by atoms with E-state index in [1.54, 1.807) is 11.0 Å². The molecule has 2 N–H and O–H groups in total. The Hall–Kier alpha value is -1.55. The van der Waals surface area contributed by atoms with E-state index >= 15 is 0 Å². The molecule has 108 valence electrons. The summed E-state index contributed by atoms with van der Waals surface area (Å²) in [6, 6.07) is 7.28. The number of hydrogen-bond acceptors (Lipinski definition) is 2. The number of benzene rings is 1. The van der Waals surface area contributed by atoms with Crippen LogP contribution in [0.3, 0.4) is 0 Å². The van der Waals surface area contributed by atoms with Gasteiger partial charge in [-0.3, -0.25) is 9.59 Å². The van der Waals surface area contributed by atoms with Crippen molar-refractivity contribution in [1.29, 1.82) is 0 Å². The number of amides is 2. The molecule has 0 saturated carbocycles. The Morgan fingerprint density at radius 1 is 1.30 bits per heavy atom. The minimum atomic E-state index is -0.354. The van der Waals surface area contributed by atoms with Crippen molar-refractivity contribution < 1.29 is 9.59 Å². The number of rotatable bonds is 4. The molecule has 2 amide bonds. The Bertz CT molecular complexity index is 504. The zero-order valence-electron chi connectivity index (χ0n) is 11.3. The molecule has 1 atom stereocenters. The van der Waals surface area contributed by atoms with Crippen molar-refractivity contribution in [3.63, 3.8) is 0 Å². The van der Waals surface area contributed by atoms with Crippen molar-refractivity contribution in [2.45, 2.75) is 38.1 Å². The number of carbonyl (C=O) groups excluding carboxylic acids is 2. The minimum Gasteiger partial charge on any atom is -0.370 e. The summed E-state index contributed by atoms with van der Waals surface area (Å²) in [6.45, 7) is 0.696. The zero-order chi connectivity index (χ0) is 14.5. The molecule has 0 aromatic heterocycles. The number of hydrogen-bond donors (Lipinski definition) is 1. The number of primary amides is 1. The van der Waals surface area contributed by atoms with Crippen LogP contribution in [-0.4, -0.2) is 29.3 Å². The van der Waals surface area contributed by atoms with E-state index in [2.05, 4.69) is 0 Å². The van der Waals surface area contributed by atoms with Crippen LogP contribution in [0.25, 0.3) is 0 Å². The number of carbonyl (C=O) groups is 2. The Morgan fingerprint density at radius 2 is 2.05 bits per heavy atom. The smallest absolute Gasteiger partial charge is 0.227 e. The van der Waals surface area contributed by atoms with Crippen LogP contribution in [0.2, 0.25) is 5.02 Å². The minimum absolute atomic E-state index is 0.0176. The van der Waals surface area contributed by atoms with Crippen LogP contribution < -0.4 is 5.73 Å². The largest absolute Gasteiger partial charge is 0.370 e. The van der Waals surface area contributed by atoms with Gasteiger partial charge in [-0.1, -0.05) is 29.8 Å². The van der Waals surface area contributed by atoms with Gasteiger partial charge < -0.3 is 10.6 Å². The number of likely N-dealkylation sites (tertiary alicyclic amines) is 1. The topological polar surface area (TPSA) is 63.4 Å². The molecule has 1 saturated heterocycles. The van der Waals surface area contributed by atoms with Gasteiger partial charge >= 0.3 is 0 Å². The van der Waals surface area contributed by atoms with E-state index in [1.807, 2.05) is 18.2 Å². The predicted octanol–water partition coefficient (Wildman–Crippen LogP) is 2.14. The lowest BCUT2D eigenvalue weighted by Gasteiger charge is -2.35. The van der Waals surface area contributed by atoms with Crippen molar-refractivity contribution in [1.82, 2.24) is 4.90 Å². The van der Waals surface area contributed by atoms with Gasteiger partial charge in [0.05, 0.1) is 6.42 Å². The maximum absolute atomic E-state index is 12.4. The van der Waals surface area contributed by atoms with E-state index in [-0.39, 0.29) is 30.7 Å². The van der Waals surface area contributed by atoms with E-state index in [1.165, 1.54) is 0 Å². The summed E-state index contributed by atoms with van der Waals surface area (Å²) in [4.78, 5) is 25.3. The molecule has 1 aromatic rings. The molecule has 1 aliphatic rings. The Balaban J connectivity index is 2.06. The van der Waals surface area contributed by atoms with E-state index in [9.17, 15) is 9.59 Å². The molecular formula is C15H19ClN2O2. The molecule has 0 aliphatic carbocycles. The summed E-state index contributed by atoms with van der Waals surface area (Å²) in [5.41, 5.74) is 6.09. The van der Waals surface area contributed by atoms with E-state index in [4.69, 9.17) is 17.3 Å². The molecule has 1 heterocycles. The third kappa shape index (κ3) is 3.73. The molecule has 1 unspecified atom stereocenters. The molecule has 1 aliphatic heterocycles. The molecule has 1 fully saturated rings. The first-order valence-corrected chi connectivity index (χ1v) is 7.27. The van der Waals surface area contributed by atoms with Gasteiger partial charge in [0.1, 0.15) is 0 Å². The average molecular weight is 295 g/mol. The van der Waals surface area contributed by atoms with Gasteiger partial charge in [-0.05, 0) is 30.9 Å². The summed E-state index contributed by atoms with van der Waals surface area (Å²) in [6.07, 6.45) is 3.37. The van der Waals surface area contributed by atoms with Gasteiger partial charge in [0.15, 0.2) is 0 Å². The van der Waals surface area contributed by atoms with Crippen LogP contribution in [-0.2, 0) is 16.0 Å². The molecule has 2 rings (SSSR count). The Morgan fingerprint density at radius 3 is 2.75 bits per heavy atom. The van der Waals surface area contributed by atoms with E-state index in [0.29, 0.717) is 11.6 Å². The highest BCUT2D eigenvalue weighted by Crippen LogP contribution is 2.22. The molecule has 4 nitrogen and oxygen atoms in total. The van der Waals surface area contributed by atoms with Crippen molar-refractivity contribution in [3.05, 3.63) is 34.9 Å². The fraction of sp³-hybridized carbons (Fsp3) is 0.467. The quantitative estimate of drug-likeness (QED) is 0.925. The molecular weight excluding hydrogens is 276 g/mol. The second-order valence-electron chi connectivity index (χ2n) is 5.18. The first-order chi connectivity index (χ1) is 9.58. The van der Waals surface area contributed by atoms with Gasteiger partial charge in [0.25, 0.3) is 0 Å². The lowest BCUT2D eigenvalue weighted by Crippen LogP contribution is -2.46. The van der Waals surface area contributed by atoms with Crippen LogP contribution in [0.4, 0.5) is 0 Å². The van der Waals surface area contributed by atoms with Crippen molar-refractivity contribution in [3.8, 4) is 0 Å². The lowest BCUT2D eigenvalue weighted by atomic mass is 9.98. The second kappa shape index (κ2) is 6.75. The highest BCUT2D eigenvalue weighted by molar-refractivity contribution is 6.31. The second-order valence-corrected chi connectivity index (χ2v) is 5.58. The summed E-state index contributed by atoms with van der Waals surface area (Å²) < 4.78 is 0. The Labute approximate surface area is 123 Å². The standard InChI is InChI=1S/C15H19ClN2O2/c16-13-7-2-1-5-11(13)9-15(20)18-8-4-3-6-12(18)10-14(17)19/h1-2,5,7,12H,3-4,6,8-10H2,(H2,17,19). The maximum Gasteiger partial charge on any atom is 0.227 e. The van der Waals surface area contributed by atoms with Gasteiger partial charge in [0.2, 0.25) is 11.8 Å². The maximum atomic E-state index is 12.4. The van der Waals surface area contributed by atoms with Crippen molar-refractivity contribution in [2.75, 3.05) is 6.54 Å². The zero-order valence-corrected chi connectivity index (χ0v) is 12.1. The van der Waals surface area contributed by atoms with Crippen molar-refractivity contribution >= 4 is 23.4 Å². The highest BCUT2D eigenvalue weighted by Gasteiger charge is 2.27. The van der Waals surface area contributed by atoms with Crippen LogP contribution in [0.1, 0.15) is 31.2 Å². The summed E-state index contributed by atoms with van der Waals surface area (Å²) >= 11 is 6.08. The predicted molar refractivity (Wildman–Crippen MR) is 78.3 cm³/mol. The molecule has 0 radical (unpaired) electrons. The normalized spacial score (nSPS) is 18.9. The number of halogens is 1. The lowest BCUT2D eigenvalue weighted by molar-refractivity contribution is -0.135. The summed E-state index contributed by atoms with van der Waals surface area (Å²) in [5, 5.41) is 0.601. The first kappa shape index (κ1) is 14.9. The van der Waals surface area contributed by atoms with Crippen LogP contribution in [0.15, 0.2) is 24.3 Å². The van der Waals surface area contributed by atoms with Gasteiger partial charge in [0, 0.05) is 24.0 Å². The first-order valence-electron chi connectivity index (χ1n) is 6.89.